The number of aliphatic imine (C=N–C) groups is 1. The second-order valence-electron chi connectivity index (χ2n) is 10.1. The van der Waals surface area contributed by atoms with Crippen molar-refractivity contribution >= 4 is 11.9 Å². The Labute approximate surface area is 173 Å². The molecule has 1 aromatic carbocycles. The molecule has 3 unspecified atom stereocenters. The summed E-state index contributed by atoms with van der Waals surface area (Å²) >= 11 is 0. The molecule has 1 amide bonds. The van der Waals surface area contributed by atoms with Crippen molar-refractivity contribution in [2.45, 2.75) is 77.5 Å². The number of fused-ring (bicyclic) bond motifs is 4. The SMILES string of the molecule is CC(C)c1ccc2c(c1)C1(COC(N)=N1)C1CC(NC(=O)C(C)(C)C)CC[C@@H]1O2. The summed E-state index contributed by atoms with van der Waals surface area (Å²) in [6, 6.07) is 6.76. The van der Waals surface area contributed by atoms with Crippen LogP contribution in [0.1, 0.15) is 70.9 Å². The van der Waals surface area contributed by atoms with Gasteiger partial charge in [-0.25, -0.2) is 4.99 Å². The number of rotatable bonds is 2. The van der Waals surface area contributed by atoms with Crippen molar-refractivity contribution < 1.29 is 14.3 Å². The molecule has 3 N–H and O–H groups in total. The number of nitrogens with two attached hydrogens (primary N) is 1. The van der Waals surface area contributed by atoms with Gasteiger partial charge in [0, 0.05) is 22.9 Å². The van der Waals surface area contributed by atoms with Gasteiger partial charge in [0.15, 0.2) is 0 Å². The summed E-state index contributed by atoms with van der Waals surface area (Å²) in [7, 11) is 0. The zero-order valence-corrected chi connectivity index (χ0v) is 18.1. The Morgan fingerprint density at radius 1 is 1.31 bits per heavy atom. The van der Waals surface area contributed by atoms with Crippen LogP contribution in [0.5, 0.6) is 5.75 Å². The van der Waals surface area contributed by atoms with E-state index in [-0.39, 0.29) is 30.0 Å². The highest BCUT2D eigenvalue weighted by Gasteiger charge is 2.55. The van der Waals surface area contributed by atoms with Gasteiger partial charge in [0.25, 0.3) is 6.02 Å². The average molecular weight is 400 g/mol. The lowest BCUT2D eigenvalue weighted by Gasteiger charge is -2.48. The zero-order valence-electron chi connectivity index (χ0n) is 18.1. The molecule has 1 fully saturated rings. The summed E-state index contributed by atoms with van der Waals surface area (Å²) in [5.41, 5.74) is 7.37. The standard InChI is InChI=1S/C23H33N3O3/c1-13(2)14-6-8-18-16(10-14)23(12-28-21(24)26-23)17-11-15(7-9-19(17)29-18)25-20(27)22(3,4)5/h6,8,10,13,15,17,19H,7,9,11-12H2,1-5H3,(H2,24,26)(H,25,27)/t15?,17?,19-,23?/m0/s1. The zero-order chi connectivity index (χ0) is 21.0. The van der Waals surface area contributed by atoms with Crippen molar-refractivity contribution in [2.75, 3.05) is 6.61 Å². The summed E-state index contributed by atoms with van der Waals surface area (Å²) in [6.45, 7) is 10.6. The van der Waals surface area contributed by atoms with Crippen LogP contribution in [-0.4, -0.2) is 30.7 Å². The summed E-state index contributed by atoms with van der Waals surface area (Å²) < 4.78 is 12.1. The maximum atomic E-state index is 12.6. The van der Waals surface area contributed by atoms with E-state index in [1.54, 1.807) is 0 Å². The minimum absolute atomic E-state index is 0.0495. The Hall–Kier alpha value is -2.24. The van der Waals surface area contributed by atoms with E-state index in [1.165, 1.54) is 5.56 Å². The van der Waals surface area contributed by atoms with E-state index >= 15 is 0 Å². The van der Waals surface area contributed by atoms with E-state index in [4.69, 9.17) is 20.2 Å². The number of hydrogen-bond acceptors (Lipinski definition) is 5. The third-order valence-corrected chi connectivity index (χ3v) is 6.58. The molecule has 0 aromatic heterocycles. The maximum Gasteiger partial charge on any atom is 0.283 e. The molecule has 1 aromatic rings. The summed E-state index contributed by atoms with van der Waals surface area (Å²) in [5.74, 6) is 1.48. The van der Waals surface area contributed by atoms with Crippen molar-refractivity contribution in [3.8, 4) is 5.75 Å². The van der Waals surface area contributed by atoms with E-state index in [2.05, 4.69) is 37.4 Å². The molecule has 2 aliphatic heterocycles. The van der Waals surface area contributed by atoms with Crippen LogP contribution < -0.4 is 15.8 Å². The van der Waals surface area contributed by atoms with Gasteiger partial charge >= 0.3 is 0 Å². The van der Waals surface area contributed by atoms with E-state index < -0.39 is 11.0 Å². The first-order valence-corrected chi connectivity index (χ1v) is 10.7. The Morgan fingerprint density at radius 2 is 2.07 bits per heavy atom. The quantitative estimate of drug-likeness (QED) is 0.798. The normalized spacial score (nSPS) is 30.8. The molecule has 1 saturated carbocycles. The Balaban J connectivity index is 1.70. The lowest BCUT2D eigenvalue weighted by Crippen LogP contribution is -2.55. The van der Waals surface area contributed by atoms with Gasteiger partial charge in [0.05, 0.1) is 0 Å². The molecule has 4 rings (SSSR count). The maximum absolute atomic E-state index is 12.6. The fourth-order valence-electron chi connectivity index (χ4n) is 4.80. The number of amidine groups is 1. The molecule has 0 saturated heterocycles. The van der Waals surface area contributed by atoms with Gasteiger partial charge in [-0.3, -0.25) is 4.79 Å². The molecule has 4 atom stereocenters. The number of benzene rings is 1. The molecule has 158 valence electrons. The molecule has 1 spiro atoms. The highest BCUT2D eigenvalue weighted by Crippen LogP contribution is 2.52. The number of carbonyl (C=O) groups is 1. The minimum atomic E-state index is -0.543. The predicted octanol–water partition coefficient (Wildman–Crippen LogP) is 3.44. The molecule has 2 heterocycles. The minimum Gasteiger partial charge on any atom is -0.490 e. The van der Waals surface area contributed by atoms with Gasteiger partial charge in [0.2, 0.25) is 5.91 Å². The molecule has 6 heteroatoms. The van der Waals surface area contributed by atoms with Gasteiger partial charge in [-0.2, -0.15) is 0 Å². The predicted molar refractivity (Wildman–Crippen MR) is 113 cm³/mol. The molecule has 0 bridgehead atoms. The van der Waals surface area contributed by atoms with E-state index in [0.29, 0.717) is 12.5 Å². The monoisotopic (exact) mass is 399 g/mol. The topological polar surface area (TPSA) is 85.9 Å². The fraction of sp³-hybridized carbons (Fsp3) is 0.652. The third-order valence-electron chi connectivity index (χ3n) is 6.58. The summed E-state index contributed by atoms with van der Waals surface area (Å²) in [6.07, 6.45) is 2.63. The second-order valence-corrected chi connectivity index (χ2v) is 10.1. The highest BCUT2D eigenvalue weighted by atomic mass is 16.5. The Bertz CT molecular complexity index is 842. The average Bonchev–Trinajstić information content (AvgIpc) is 3.04. The van der Waals surface area contributed by atoms with Crippen LogP contribution >= 0.6 is 0 Å². The van der Waals surface area contributed by atoms with Gasteiger partial charge < -0.3 is 20.5 Å². The molecule has 0 radical (unpaired) electrons. The van der Waals surface area contributed by atoms with Gasteiger partial charge in [-0.15, -0.1) is 0 Å². The van der Waals surface area contributed by atoms with Crippen molar-refractivity contribution in [1.29, 1.82) is 0 Å². The number of amides is 1. The first-order chi connectivity index (χ1) is 13.6. The highest BCUT2D eigenvalue weighted by molar-refractivity contribution is 5.81. The van der Waals surface area contributed by atoms with Gasteiger partial charge in [0.1, 0.15) is 24.0 Å². The van der Waals surface area contributed by atoms with E-state index in [9.17, 15) is 4.79 Å². The van der Waals surface area contributed by atoms with Crippen LogP contribution in [0.4, 0.5) is 0 Å². The number of nitrogens with one attached hydrogen (secondary N) is 1. The van der Waals surface area contributed by atoms with Crippen molar-refractivity contribution in [1.82, 2.24) is 5.32 Å². The molecule has 6 nitrogen and oxygen atoms in total. The van der Waals surface area contributed by atoms with Crippen molar-refractivity contribution in [2.24, 2.45) is 22.1 Å². The molecular formula is C23H33N3O3. The number of carbonyl (C=O) groups excluding carboxylic acids is 1. The number of nitrogens with zero attached hydrogens (tertiary/aromatic N) is 1. The van der Waals surface area contributed by atoms with E-state index in [1.807, 2.05) is 20.8 Å². The lowest BCUT2D eigenvalue weighted by molar-refractivity contribution is -0.130. The number of ether oxygens (including phenoxy) is 2. The van der Waals surface area contributed by atoms with Crippen LogP contribution in [-0.2, 0) is 15.1 Å². The second kappa shape index (κ2) is 6.92. The van der Waals surface area contributed by atoms with E-state index in [0.717, 1.165) is 30.6 Å². The van der Waals surface area contributed by atoms with Crippen LogP contribution in [0.2, 0.25) is 0 Å². The van der Waals surface area contributed by atoms with Crippen LogP contribution in [0.15, 0.2) is 23.2 Å². The molecular weight excluding hydrogens is 366 g/mol. The smallest absolute Gasteiger partial charge is 0.283 e. The lowest BCUT2D eigenvalue weighted by atomic mass is 9.66. The Kier molecular flexibility index (Phi) is 4.79. The largest absolute Gasteiger partial charge is 0.490 e. The first kappa shape index (κ1) is 20.0. The summed E-state index contributed by atoms with van der Waals surface area (Å²) in [5, 5.41) is 3.25. The van der Waals surface area contributed by atoms with Gasteiger partial charge in [-0.05, 0) is 42.9 Å². The Morgan fingerprint density at radius 3 is 2.69 bits per heavy atom. The van der Waals surface area contributed by atoms with Crippen LogP contribution in [0, 0.1) is 11.3 Å². The third kappa shape index (κ3) is 3.47. The fourth-order valence-corrected chi connectivity index (χ4v) is 4.80. The summed E-state index contributed by atoms with van der Waals surface area (Å²) in [4.78, 5) is 17.4. The van der Waals surface area contributed by atoms with Crippen LogP contribution in [0.3, 0.4) is 0 Å². The first-order valence-electron chi connectivity index (χ1n) is 10.7. The molecule has 1 aliphatic carbocycles. The molecule has 29 heavy (non-hydrogen) atoms. The molecule has 3 aliphatic rings. The number of hydrogen-bond donors (Lipinski definition) is 2. The van der Waals surface area contributed by atoms with Crippen LogP contribution in [0.25, 0.3) is 0 Å². The van der Waals surface area contributed by atoms with Crippen molar-refractivity contribution in [3.63, 3.8) is 0 Å². The van der Waals surface area contributed by atoms with Gasteiger partial charge in [-0.1, -0.05) is 40.7 Å². The van der Waals surface area contributed by atoms with Crippen molar-refractivity contribution in [3.05, 3.63) is 29.3 Å².